The second-order valence-corrected chi connectivity index (χ2v) is 4.31. The van der Waals surface area contributed by atoms with Crippen molar-refractivity contribution in [1.29, 1.82) is 0 Å². The first-order valence-electron chi connectivity index (χ1n) is 6.20. The van der Waals surface area contributed by atoms with Crippen LogP contribution >= 0.6 is 0 Å². The van der Waals surface area contributed by atoms with Gasteiger partial charge in [0.1, 0.15) is 0 Å². The third-order valence-electron chi connectivity index (χ3n) is 2.73. The fraction of sp³-hybridized carbons (Fsp3) is 0.500. The molecule has 1 rings (SSSR count). The van der Waals surface area contributed by atoms with Gasteiger partial charge in [0.2, 0.25) is 5.91 Å². The first-order chi connectivity index (χ1) is 8.17. The van der Waals surface area contributed by atoms with Crippen molar-refractivity contribution >= 4 is 5.91 Å². The lowest BCUT2D eigenvalue weighted by atomic mass is 10.0. The van der Waals surface area contributed by atoms with E-state index in [0.29, 0.717) is 6.54 Å². The van der Waals surface area contributed by atoms with Crippen molar-refractivity contribution < 1.29 is 4.79 Å². The molecule has 0 spiro atoms. The van der Waals surface area contributed by atoms with Crippen LogP contribution in [0.2, 0.25) is 0 Å². The number of carbonyl (C=O) groups excluding carboxylic acids is 1. The van der Waals surface area contributed by atoms with Crippen molar-refractivity contribution in [2.45, 2.75) is 32.7 Å². The van der Waals surface area contributed by atoms with Gasteiger partial charge in [-0.25, -0.2) is 0 Å². The average molecular weight is 234 g/mol. The number of aryl methyl sites for hydroxylation is 1. The Morgan fingerprint density at radius 3 is 2.47 bits per heavy atom. The second kappa shape index (κ2) is 7.07. The second-order valence-electron chi connectivity index (χ2n) is 4.31. The molecule has 0 aliphatic rings. The lowest BCUT2D eigenvalue weighted by Crippen LogP contribution is -2.33. The summed E-state index contributed by atoms with van der Waals surface area (Å²) < 4.78 is 0. The molecule has 1 unspecified atom stereocenters. The number of nitrogens with one attached hydrogen (secondary N) is 2. The summed E-state index contributed by atoms with van der Waals surface area (Å²) >= 11 is 0. The van der Waals surface area contributed by atoms with Gasteiger partial charge in [0, 0.05) is 0 Å². The Labute approximate surface area is 104 Å². The molecular weight excluding hydrogens is 212 g/mol. The van der Waals surface area contributed by atoms with Crippen molar-refractivity contribution in [2.75, 3.05) is 13.6 Å². The van der Waals surface area contributed by atoms with Crippen molar-refractivity contribution in [2.24, 2.45) is 0 Å². The highest BCUT2D eigenvalue weighted by Crippen LogP contribution is 2.14. The lowest BCUT2D eigenvalue weighted by molar-refractivity contribution is -0.120. The number of benzene rings is 1. The van der Waals surface area contributed by atoms with E-state index in [1.807, 2.05) is 6.92 Å². The van der Waals surface area contributed by atoms with Crippen LogP contribution in [0.4, 0.5) is 0 Å². The van der Waals surface area contributed by atoms with E-state index in [-0.39, 0.29) is 11.9 Å². The quantitative estimate of drug-likeness (QED) is 0.791. The Morgan fingerprint density at radius 2 is 1.94 bits per heavy atom. The van der Waals surface area contributed by atoms with E-state index < -0.39 is 0 Å². The Balaban J connectivity index is 2.56. The molecule has 0 aliphatic carbocycles. The molecule has 0 fully saturated rings. The van der Waals surface area contributed by atoms with Crippen LogP contribution in [0.3, 0.4) is 0 Å². The van der Waals surface area contributed by atoms with Gasteiger partial charge in [0.25, 0.3) is 0 Å². The lowest BCUT2D eigenvalue weighted by Gasteiger charge is -2.14. The summed E-state index contributed by atoms with van der Waals surface area (Å²) in [5.41, 5.74) is 2.50. The summed E-state index contributed by atoms with van der Waals surface area (Å²) in [4.78, 5) is 11.4. The van der Waals surface area contributed by atoms with Crippen molar-refractivity contribution in [3.63, 3.8) is 0 Å². The minimum absolute atomic E-state index is 0.0256. The van der Waals surface area contributed by atoms with E-state index in [2.05, 4.69) is 41.8 Å². The van der Waals surface area contributed by atoms with Gasteiger partial charge in [-0.05, 0) is 31.5 Å². The van der Waals surface area contributed by atoms with Crippen LogP contribution in [0.5, 0.6) is 0 Å². The molecule has 0 heterocycles. The SMILES string of the molecule is CCCc1ccc(C(C)NC(=O)CNC)cc1. The summed E-state index contributed by atoms with van der Waals surface area (Å²) in [7, 11) is 1.77. The standard InChI is InChI=1S/C14H22N2O/c1-4-5-12-6-8-13(9-7-12)11(2)16-14(17)10-15-3/h6-9,11,15H,4-5,10H2,1-3H3,(H,16,17). The summed E-state index contributed by atoms with van der Waals surface area (Å²) in [6, 6.07) is 8.52. The van der Waals surface area contributed by atoms with Crippen LogP contribution in [0.1, 0.15) is 37.4 Å². The van der Waals surface area contributed by atoms with Gasteiger partial charge in [-0.15, -0.1) is 0 Å². The largest absolute Gasteiger partial charge is 0.348 e. The van der Waals surface area contributed by atoms with Gasteiger partial charge in [0.15, 0.2) is 0 Å². The van der Waals surface area contributed by atoms with E-state index in [1.165, 1.54) is 5.56 Å². The van der Waals surface area contributed by atoms with Crippen molar-refractivity contribution in [3.8, 4) is 0 Å². The van der Waals surface area contributed by atoms with Crippen LogP contribution in [-0.2, 0) is 11.2 Å². The zero-order valence-electron chi connectivity index (χ0n) is 10.9. The van der Waals surface area contributed by atoms with Gasteiger partial charge in [-0.3, -0.25) is 4.79 Å². The van der Waals surface area contributed by atoms with E-state index in [0.717, 1.165) is 18.4 Å². The average Bonchev–Trinajstić information content (AvgIpc) is 2.30. The van der Waals surface area contributed by atoms with Crippen molar-refractivity contribution in [1.82, 2.24) is 10.6 Å². The van der Waals surface area contributed by atoms with Crippen LogP contribution in [-0.4, -0.2) is 19.5 Å². The number of amides is 1. The highest BCUT2D eigenvalue weighted by Gasteiger charge is 2.08. The number of likely N-dealkylation sites (N-methyl/N-ethyl adjacent to an activating group) is 1. The zero-order chi connectivity index (χ0) is 12.7. The summed E-state index contributed by atoms with van der Waals surface area (Å²) in [5.74, 6) is 0.0256. The van der Waals surface area contributed by atoms with E-state index in [9.17, 15) is 4.79 Å². The van der Waals surface area contributed by atoms with Crippen LogP contribution in [0.25, 0.3) is 0 Å². The number of rotatable bonds is 6. The maximum absolute atomic E-state index is 11.4. The van der Waals surface area contributed by atoms with Crippen LogP contribution in [0, 0.1) is 0 Å². The molecule has 3 nitrogen and oxygen atoms in total. The van der Waals surface area contributed by atoms with Crippen LogP contribution in [0.15, 0.2) is 24.3 Å². The van der Waals surface area contributed by atoms with Gasteiger partial charge >= 0.3 is 0 Å². The topological polar surface area (TPSA) is 41.1 Å². The van der Waals surface area contributed by atoms with E-state index in [4.69, 9.17) is 0 Å². The van der Waals surface area contributed by atoms with E-state index >= 15 is 0 Å². The first-order valence-corrected chi connectivity index (χ1v) is 6.20. The molecule has 1 aromatic carbocycles. The van der Waals surface area contributed by atoms with Gasteiger partial charge in [-0.1, -0.05) is 37.6 Å². The van der Waals surface area contributed by atoms with Gasteiger partial charge in [-0.2, -0.15) is 0 Å². The highest BCUT2D eigenvalue weighted by molar-refractivity contribution is 5.78. The Kier molecular flexibility index (Phi) is 5.70. The number of hydrogen-bond donors (Lipinski definition) is 2. The predicted octanol–water partition coefficient (Wildman–Crippen LogP) is 2.04. The first kappa shape index (κ1) is 13.7. The Hall–Kier alpha value is -1.35. The summed E-state index contributed by atoms with van der Waals surface area (Å²) in [6.07, 6.45) is 2.27. The van der Waals surface area contributed by atoms with E-state index in [1.54, 1.807) is 7.05 Å². The Morgan fingerprint density at radius 1 is 1.29 bits per heavy atom. The fourth-order valence-electron chi connectivity index (χ4n) is 1.80. The molecule has 0 bridgehead atoms. The minimum Gasteiger partial charge on any atom is -0.348 e. The summed E-state index contributed by atoms with van der Waals surface area (Å²) in [5, 5.41) is 5.79. The molecular formula is C14H22N2O. The third kappa shape index (κ3) is 4.57. The molecule has 0 radical (unpaired) electrons. The van der Waals surface area contributed by atoms with Crippen LogP contribution < -0.4 is 10.6 Å². The highest BCUT2D eigenvalue weighted by atomic mass is 16.1. The molecule has 1 atom stereocenters. The molecule has 0 saturated heterocycles. The molecule has 1 aromatic rings. The molecule has 0 aromatic heterocycles. The minimum atomic E-state index is 0.0256. The third-order valence-corrected chi connectivity index (χ3v) is 2.73. The molecule has 0 aliphatic heterocycles. The van der Waals surface area contributed by atoms with Crippen molar-refractivity contribution in [3.05, 3.63) is 35.4 Å². The smallest absolute Gasteiger partial charge is 0.234 e. The van der Waals surface area contributed by atoms with Gasteiger partial charge < -0.3 is 10.6 Å². The zero-order valence-corrected chi connectivity index (χ0v) is 10.9. The van der Waals surface area contributed by atoms with Gasteiger partial charge in [0.05, 0.1) is 12.6 Å². The molecule has 17 heavy (non-hydrogen) atoms. The summed E-state index contributed by atoms with van der Waals surface area (Å²) in [6.45, 7) is 4.54. The molecule has 3 heteroatoms. The Bertz CT molecular complexity index is 346. The monoisotopic (exact) mass is 234 g/mol. The fourth-order valence-corrected chi connectivity index (χ4v) is 1.80. The maximum Gasteiger partial charge on any atom is 0.234 e. The molecule has 2 N–H and O–H groups in total. The molecule has 0 saturated carbocycles. The molecule has 94 valence electrons. The maximum atomic E-state index is 11.4. The normalized spacial score (nSPS) is 12.2. The predicted molar refractivity (Wildman–Crippen MR) is 70.9 cm³/mol. The number of hydrogen-bond acceptors (Lipinski definition) is 2. The number of carbonyl (C=O) groups is 1. The molecule has 1 amide bonds.